The number of hydrogen-bond donors (Lipinski definition) is 0. The number of alkyl halides is 3. The Bertz CT molecular complexity index is 763. The number of ketones is 1. The van der Waals surface area contributed by atoms with Crippen LogP contribution in [-0.4, -0.2) is 36.9 Å². The summed E-state index contributed by atoms with van der Waals surface area (Å²) in [7, 11) is 0. The molecule has 0 radical (unpaired) electrons. The van der Waals surface area contributed by atoms with Crippen LogP contribution in [0.4, 0.5) is 18.9 Å². The van der Waals surface area contributed by atoms with Gasteiger partial charge < -0.3 is 4.90 Å². The third-order valence-electron chi connectivity index (χ3n) is 4.67. The Labute approximate surface area is 151 Å². The van der Waals surface area contributed by atoms with Gasteiger partial charge in [0.25, 0.3) is 0 Å². The van der Waals surface area contributed by atoms with Crippen LogP contribution in [0.15, 0.2) is 48.5 Å². The highest BCUT2D eigenvalue weighted by molar-refractivity contribution is 5.94. The maximum absolute atomic E-state index is 12.8. The number of carbonyl (C=O) groups is 1. The molecule has 0 aromatic heterocycles. The summed E-state index contributed by atoms with van der Waals surface area (Å²) in [6.45, 7) is 5.23. The third kappa shape index (κ3) is 4.43. The van der Waals surface area contributed by atoms with Crippen LogP contribution in [0.5, 0.6) is 0 Å². The van der Waals surface area contributed by atoms with Crippen molar-refractivity contribution < 1.29 is 18.0 Å². The standard InChI is InChI=1S/C20H21F3N2O/c1-15(26)17-5-7-19(8-6-17)25-11-9-24(10-12-25)14-16-3-2-4-18(13-16)20(21,22)23/h2-8,13H,9-12,14H2,1H3. The van der Waals surface area contributed by atoms with Gasteiger partial charge in [0.2, 0.25) is 0 Å². The van der Waals surface area contributed by atoms with Gasteiger partial charge in [-0.25, -0.2) is 0 Å². The number of hydrogen-bond acceptors (Lipinski definition) is 3. The monoisotopic (exact) mass is 362 g/mol. The van der Waals surface area contributed by atoms with E-state index in [1.807, 2.05) is 24.3 Å². The Hall–Kier alpha value is -2.34. The van der Waals surface area contributed by atoms with E-state index in [1.165, 1.54) is 12.1 Å². The van der Waals surface area contributed by atoms with Gasteiger partial charge in [0.1, 0.15) is 0 Å². The molecule has 1 aliphatic heterocycles. The van der Waals surface area contributed by atoms with Crippen LogP contribution < -0.4 is 4.90 Å². The fourth-order valence-electron chi connectivity index (χ4n) is 3.18. The second kappa shape index (κ2) is 7.50. The minimum absolute atomic E-state index is 0.0439. The van der Waals surface area contributed by atoms with Crippen LogP contribution in [-0.2, 0) is 12.7 Å². The molecule has 0 saturated carbocycles. The number of Topliss-reactive ketones (excluding diaryl/α,β-unsaturated/α-hetero) is 1. The number of carbonyl (C=O) groups excluding carboxylic acids is 1. The van der Waals surface area contributed by atoms with Gasteiger partial charge in [0.05, 0.1) is 5.56 Å². The van der Waals surface area contributed by atoms with Gasteiger partial charge >= 0.3 is 6.18 Å². The van der Waals surface area contributed by atoms with E-state index < -0.39 is 11.7 Å². The van der Waals surface area contributed by atoms with E-state index in [9.17, 15) is 18.0 Å². The molecule has 1 fully saturated rings. The SMILES string of the molecule is CC(=O)c1ccc(N2CCN(Cc3cccc(C(F)(F)F)c3)CC2)cc1. The fourth-order valence-corrected chi connectivity index (χ4v) is 3.18. The molecule has 0 bridgehead atoms. The summed E-state index contributed by atoms with van der Waals surface area (Å²) in [6.07, 6.45) is -4.30. The van der Waals surface area contributed by atoms with E-state index in [2.05, 4.69) is 9.80 Å². The zero-order valence-corrected chi connectivity index (χ0v) is 14.6. The van der Waals surface area contributed by atoms with Crippen LogP contribution >= 0.6 is 0 Å². The van der Waals surface area contributed by atoms with Crippen molar-refractivity contribution in [3.05, 3.63) is 65.2 Å². The summed E-state index contributed by atoms with van der Waals surface area (Å²) >= 11 is 0. The smallest absolute Gasteiger partial charge is 0.369 e. The highest BCUT2D eigenvalue weighted by Crippen LogP contribution is 2.30. The van der Waals surface area contributed by atoms with E-state index >= 15 is 0 Å². The lowest BCUT2D eigenvalue weighted by atomic mass is 10.1. The molecule has 26 heavy (non-hydrogen) atoms. The van der Waals surface area contributed by atoms with Crippen molar-refractivity contribution in [3.8, 4) is 0 Å². The second-order valence-corrected chi connectivity index (χ2v) is 6.56. The van der Waals surface area contributed by atoms with E-state index in [1.54, 1.807) is 13.0 Å². The molecule has 1 saturated heterocycles. The molecule has 0 amide bonds. The summed E-state index contributed by atoms with van der Waals surface area (Å²) in [5, 5.41) is 0. The van der Waals surface area contributed by atoms with Gasteiger partial charge in [-0.1, -0.05) is 18.2 Å². The summed E-state index contributed by atoms with van der Waals surface area (Å²) in [4.78, 5) is 15.7. The van der Waals surface area contributed by atoms with Gasteiger partial charge in [0.15, 0.2) is 5.78 Å². The number of anilines is 1. The van der Waals surface area contributed by atoms with Gasteiger partial charge in [-0.2, -0.15) is 13.2 Å². The molecule has 3 rings (SSSR count). The normalized spacial score (nSPS) is 15.9. The van der Waals surface area contributed by atoms with Crippen molar-refractivity contribution in [2.75, 3.05) is 31.1 Å². The van der Waals surface area contributed by atoms with Crippen molar-refractivity contribution in [2.24, 2.45) is 0 Å². The molecule has 0 unspecified atom stereocenters. The molecule has 138 valence electrons. The first kappa shape index (κ1) is 18.5. The molecule has 3 nitrogen and oxygen atoms in total. The van der Waals surface area contributed by atoms with Crippen molar-refractivity contribution in [1.82, 2.24) is 4.90 Å². The van der Waals surface area contributed by atoms with Gasteiger partial charge in [-0.15, -0.1) is 0 Å². The van der Waals surface area contributed by atoms with Gasteiger partial charge in [-0.3, -0.25) is 9.69 Å². The van der Waals surface area contributed by atoms with Crippen LogP contribution in [0.25, 0.3) is 0 Å². The van der Waals surface area contributed by atoms with E-state index in [-0.39, 0.29) is 5.78 Å². The second-order valence-electron chi connectivity index (χ2n) is 6.56. The molecule has 6 heteroatoms. The predicted molar refractivity (Wildman–Crippen MR) is 95.4 cm³/mol. The first-order valence-corrected chi connectivity index (χ1v) is 8.57. The number of piperazine rings is 1. The number of benzene rings is 2. The van der Waals surface area contributed by atoms with E-state index in [4.69, 9.17) is 0 Å². The lowest BCUT2D eigenvalue weighted by Gasteiger charge is -2.36. The zero-order chi connectivity index (χ0) is 18.7. The molecule has 0 atom stereocenters. The van der Waals surface area contributed by atoms with E-state index in [0.29, 0.717) is 17.7 Å². The lowest BCUT2D eigenvalue weighted by molar-refractivity contribution is -0.137. The summed E-state index contributed by atoms with van der Waals surface area (Å²) in [6, 6.07) is 13.1. The molecular weight excluding hydrogens is 341 g/mol. The van der Waals surface area contributed by atoms with Crippen molar-refractivity contribution >= 4 is 11.5 Å². The first-order valence-electron chi connectivity index (χ1n) is 8.57. The van der Waals surface area contributed by atoms with Crippen LogP contribution in [0.1, 0.15) is 28.4 Å². The highest BCUT2D eigenvalue weighted by atomic mass is 19.4. The van der Waals surface area contributed by atoms with Gasteiger partial charge in [-0.05, 0) is 42.8 Å². The number of rotatable bonds is 4. The maximum atomic E-state index is 12.8. The molecule has 0 spiro atoms. The quantitative estimate of drug-likeness (QED) is 0.761. The van der Waals surface area contributed by atoms with Gasteiger partial charge in [0, 0.05) is 44.0 Å². The number of nitrogens with zero attached hydrogens (tertiary/aromatic N) is 2. The summed E-state index contributed by atoms with van der Waals surface area (Å²) < 4.78 is 38.5. The summed E-state index contributed by atoms with van der Waals surface area (Å²) in [5.41, 5.74) is 1.84. The van der Waals surface area contributed by atoms with E-state index in [0.717, 1.165) is 37.9 Å². The average molecular weight is 362 g/mol. The topological polar surface area (TPSA) is 23.6 Å². The van der Waals surface area contributed by atoms with Crippen molar-refractivity contribution in [3.63, 3.8) is 0 Å². The molecule has 1 aliphatic rings. The maximum Gasteiger partial charge on any atom is 0.416 e. The summed E-state index contributed by atoms with van der Waals surface area (Å²) in [5.74, 6) is 0.0439. The largest absolute Gasteiger partial charge is 0.416 e. The Morgan fingerprint density at radius 3 is 2.23 bits per heavy atom. The molecule has 0 N–H and O–H groups in total. The van der Waals surface area contributed by atoms with Crippen LogP contribution in [0, 0.1) is 0 Å². The third-order valence-corrected chi connectivity index (χ3v) is 4.67. The van der Waals surface area contributed by atoms with Crippen LogP contribution in [0.3, 0.4) is 0 Å². The zero-order valence-electron chi connectivity index (χ0n) is 14.6. The van der Waals surface area contributed by atoms with Crippen LogP contribution in [0.2, 0.25) is 0 Å². The van der Waals surface area contributed by atoms with Crippen molar-refractivity contribution in [2.45, 2.75) is 19.6 Å². The molecule has 2 aromatic rings. The minimum atomic E-state index is -4.30. The van der Waals surface area contributed by atoms with Crippen molar-refractivity contribution in [1.29, 1.82) is 0 Å². The lowest BCUT2D eigenvalue weighted by Crippen LogP contribution is -2.46. The Morgan fingerprint density at radius 1 is 1.00 bits per heavy atom. The minimum Gasteiger partial charge on any atom is -0.369 e. The average Bonchev–Trinajstić information content (AvgIpc) is 2.62. The molecule has 0 aliphatic carbocycles. The first-order chi connectivity index (χ1) is 12.3. The predicted octanol–water partition coefficient (Wildman–Crippen LogP) is 4.23. The number of halogens is 3. The Kier molecular flexibility index (Phi) is 5.32. The fraction of sp³-hybridized carbons (Fsp3) is 0.350. The molecular formula is C20H21F3N2O. The highest BCUT2D eigenvalue weighted by Gasteiger charge is 2.30. The molecule has 2 aromatic carbocycles. The Morgan fingerprint density at radius 2 is 1.65 bits per heavy atom. The molecule has 1 heterocycles. The Balaban J connectivity index is 1.58.